The third-order valence-corrected chi connectivity index (χ3v) is 2.06. The average Bonchev–Trinajstić information content (AvgIpc) is 2.45. The minimum Gasteiger partial charge on any atom is -0.478 e. The molecule has 0 aliphatic rings. The Morgan fingerprint density at radius 2 is 1.70 bits per heavy atom. The number of carbonyl (C=O) groups excluding carboxylic acids is 1. The molecule has 0 saturated carbocycles. The standard InChI is InChI=1S/C11H12O3.C4H6O2/c1-9(7-12)11(13)14-8-10-5-3-2-4-6-10;1-3(2)4(5)6/h2-6,12H,1,7-8H2;1H2,2H3,(H,5,6). The van der Waals surface area contributed by atoms with Crippen molar-refractivity contribution in [2.75, 3.05) is 6.61 Å². The fraction of sp³-hybridized carbons (Fsp3) is 0.200. The maximum Gasteiger partial charge on any atom is 0.336 e. The summed E-state index contributed by atoms with van der Waals surface area (Å²) in [6.45, 7) is 7.80. The fourth-order valence-electron chi connectivity index (χ4n) is 0.890. The zero-order valence-electron chi connectivity index (χ0n) is 11.3. The Kier molecular flexibility index (Phi) is 8.38. The van der Waals surface area contributed by atoms with Gasteiger partial charge in [-0.15, -0.1) is 0 Å². The predicted molar refractivity (Wildman–Crippen MR) is 74.9 cm³/mol. The van der Waals surface area contributed by atoms with Crippen LogP contribution in [0.4, 0.5) is 0 Å². The Bertz CT molecular complexity index is 464. The highest BCUT2D eigenvalue weighted by atomic mass is 16.5. The van der Waals surface area contributed by atoms with Gasteiger partial charge in [-0.2, -0.15) is 0 Å². The van der Waals surface area contributed by atoms with Crippen LogP contribution < -0.4 is 0 Å². The highest BCUT2D eigenvalue weighted by Gasteiger charge is 2.06. The normalized spacial score (nSPS) is 8.90. The average molecular weight is 278 g/mol. The van der Waals surface area contributed by atoms with Crippen molar-refractivity contribution in [2.24, 2.45) is 0 Å². The molecule has 0 atom stereocenters. The Labute approximate surface area is 117 Å². The van der Waals surface area contributed by atoms with Gasteiger partial charge in [-0.3, -0.25) is 0 Å². The van der Waals surface area contributed by atoms with Crippen molar-refractivity contribution in [3.05, 3.63) is 60.2 Å². The molecule has 0 aliphatic heterocycles. The first kappa shape index (κ1) is 17.6. The molecule has 1 aromatic carbocycles. The Hall–Kier alpha value is -2.40. The smallest absolute Gasteiger partial charge is 0.336 e. The van der Waals surface area contributed by atoms with Crippen molar-refractivity contribution in [3.63, 3.8) is 0 Å². The summed E-state index contributed by atoms with van der Waals surface area (Å²) in [5.41, 5.74) is 1.16. The molecule has 20 heavy (non-hydrogen) atoms. The lowest BCUT2D eigenvalue weighted by atomic mass is 10.2. The third-order valence-electron chi connectivity index (χ3n) is 2.06. The molecule has 0 aromatic heterocycles. The van der Waals surface area contributed by atoms with E-state index in [4.69, 9.17) is 14.9 Å². The van der Waals surface area contributed by atoms with Gasteiger partial charge in [0.25, 0.3) is 0 Å². The van der Waals surface area contributed by atoms with Crippen LogP contribution in [-0.4, -0.2) is 28.8 Å². The van der Waals surface area contributed by atoms with Gasteiger partial charge in [0.15, 0.2) is 0 Å². The number of esters is 1. The van der Waals surface area contributed by atoms with E-state index < -0.39 is 11.9 Å². The molecular weight excluding hydrogens is 260 g/mol. The third kappa shape index (κ3) is 7.84. The largest absolute Gasteiger partial charge is 0.478 e. The molecule has 0 bridgehead atoms. The Morgan fingerprint density at radius 3 is 2.10 bits per heavy atom. The number of ether oxygens (including phenoxy) is 1. The second-order valence-corrected chi connectivity index (χ2v) is 3.91. The first-order chi connectivity index (χ1) is 9.38. The topological polar surface area (TPSA) is 83.8 Å². The number of aliphatic hydroxyl groups is 1. The minimum atomic E-state index is -0.935. The van der Waals surface area contributed by atoms with Crippen LogP contribution in [0.25, 0.3) is 0 Å². The van der Waals surface area contributed by atoms with Crippen molar-refractivity contribution in [2.45, 2.75) is 13.5 Å². The van der Waals surface area contributed by atoms with E-state index in [2.05, 4.69) is 13.2 Å². The molecular formula is C15H18O5. The summed E-state index contributed by atoms with van der Waals surface area (Å²) in [6, 6.07) is 9.33. The van der Waals surface area contributed by atoms with Gasteiger partial charge in [0.1, 0.15) is 6.61 Å². The lowest BCUT2D eigenvalue weighted by Crippen LogP contribution is -2.09. The number of carboxylic acids is 1. The van der Waals surface area contributed by atoms with Gasteiger partial charge in [0.2, 0.25) is 0 Å². The van der Waals surface area contributed by atoms with Crippen LogP contribution in [0.1, 0.15) is 12.5 Å². The molecule has 0 saturated heterocycles. The van der Waals surface area contributed by atoms with Gasteiger partial charge in [0.05, 0.1) is 12.2 Å². The number of aliphatic hydroxyl groups excluding tert-OH is 1. The van der Waals surface area contributed by atoms with Crippen molar-refractivity contribution < 1.29 is 24.5 Å². The second kappa shape index (κ2) is 9.52. The van der Waals surface area contributed by atoms with E-state index in [9.17, 15) is 9.59 Å². The zero-order valence-corrected chi connectivity index (χ0v) is 11.3. The van der Waals surface area contributed by atoms with E-state index in [1.807, 2.05) is 30.3 Å². The number of carboxylic acid groups (broad SMARTS) is 1. The van der Waals surface area contributed by atoms with Crippen molar-refractivity contribution >= 4 is 11.9 Å². The quantitative estimate of drug-likeness (QED) is 0.635. The predicted octanol–water partition coefficient (Wildman–Crippen LogP) is 1.93. The SMILES string of the molecule is C=C(C)C(=O)O.C=C(CO)C(=O)OCc1ccccc1. The van der Waals surface area contributed by atoms with E-state index in [-0.39, 0.29) is 24.4 Å². The first-order valence-electron chi connectivity index (χ1n) is 5.77. The molecule has 2 N–H and O–H groups in total. The zero-order chi connectivity index (χ0) is 15.5. The van der Waals surface area contributed by atoms with Crippen LogP contribution in [0.15, 0.2) is 54.6 Å². The molecule has 0 unspecified atom stereocenters. The first-order valence-corrected chi connectivity index (χ1v) is 5.77. The molecule has 1 aromatic rings. The van der Waals surface area contributed by atoms with Crippen molar-refractivity contribution in [1.82, 2.24) is 0 Å². The fourth-order valence-corrected chi connectivity index (χ4v) is 0.890. The molecule has 0 amide bonds. The number of rotatable bonds is 5. The van der Waals surface area contributed by atoms with Crippen LogP contribution in [0.2, 0.25) is 0 Å². The highest BCUT2D eigenvalue weighted by Crippen LogP contribution is 2.02. The lowest BCUT2D eigenvalue weighted by Gasteiger charge is -2.04. The number of aliphatic carboxylic acids is 1. The molecule has 0 radical (unpaired) electrons. The number of hydrogen-bond donors (Lipinski definition) is 2. The van der Waals surface area contributed by atoms with E-state index in [0.29, 0.717) is 0 Å². The monoisotopic (exact) mass is 278 g/mol. The summed E-state index contributed by atoms with van der Waals surface area (Å²) in [7, 11) is 0. The van der Waals surface area contributed by atoms with Gasteiger partial charge in [-0.1, -0.05) is 43.5 Å². The van der Waals surface area contributed by atoms with E-state index in [0.717, 1.165) is 5.56 Å². The Balaban J connectivity index is 0.000000511. The molecule has 5 heteroatoms. The summed E-state index contributed by atoms with van der Waals surface area (Å²) in [5, 5.41) is 16.5. The highest BCUT2D eigenvalue weighted by molar-refractivity contribution is 5.87. The summed E-state index contributed by atoms with van der Waals surface area (Å²) in [4.78, 5) is 20.7. The molecule has 0 aliphatic carbocycles. The van der Waals surface area contributed by atoms with Crippen LogP contribution in [-0.2, 0) is 20.9 Å². The van der Waals surface area contributed by atoms with Crippen molar-refractivity contribution in [1.29, 1.82) is 0 Å². The van der Waals surface area contributed by atoms with E-state index in [1.54, 1.807) is 0 Å². The molecule has 0 spiro atoms. The summed E-state index contributed by atoms with van der Waals surface area (Å²) in [6.07, 6.45) is 0. The van der Waals surface area contributed by atoms with Crippen LogP contribution >= 0.6 is 0 Å². The maximum absolute atomic E-state index is 11.1. The molecule has 108 valence electrons. The van der Waals surface area contributed by atoms with Crippen LogP contribution in [0.3, 0.4) is 0 Å². The van der Waals surface area contributed by atoms with Gasteiger partial charge < -0.3 is 14.9 Å². The summed E-state index contributed by atoms with van der Waals surface area (Å²) < 4.78 is 4.88. The Morgan fingerprint density at radius 1 is 1.20 bits per heavy atom. The number of benzene rings is 1. The summed E-state index contributed by atoms with van der Waals surface area (Å²) >= 11 is 0. The van der Waals surface area contributed by atoms with Gasteiger partial charge in [0, 0.05) is 5.57 Å². The van der Waals surface area contributed by atoms with Crippen molar-refractivity contribution in [3.8, 4) is 0 Å². The van der Waals surface area contributed by atoms with E-state index in [1.165, 1.54) is 6.92 Å². The minimum absolute atomic E-state index is 0.0703. The lowest BCUT2D eigenvalue weighted by molar-refractivity contribution is -0.140. The van der Waals surface area contributed by atoms with Gasteiger partial charge >= 0.3 is 11.9 Å². The molecule has 0 heterocycles. The van der Waals surface area contributed by atoms with Gasteiger partial charge in [-0.05, 0) is 12.5 Å². The number of hydrogen-bond acceptors (Lipinski definition) is 4. The van der Waals surface area contributed by atoms with Gasteiger partial charge in [-0.25, -0.2) is 9.59 Å². The second-order valence-electron chi connectivity index (χ2n) is 3.91. The molecule has 0 fully saturated rings. The number of carbonyl (C=O) groups is 2. The molecule has 5 nitrogen and oxygen atoms in total. The summed E-state index contributed by atoms with van der Waals surface area (Å²) in [5.74, 6) is -1.49. The molecule has 1 rings (SSSR count). The van der Waals surface area contributed by atoms with E-state index >= 15 is 0 Å². The van der Waals surface area contributed by atoms with Crippen LogP contribution in [0.5, 0.6) is 0 Å². The van der Waals surface area contributed by atoms with Crippen LogP contribution in [0, 0.1) is 0 Å². The maximum atomic E-state index is 11.1.